The lowest BCUT2D eigenvalue weighted by molar-refractivity contribution is -0.117. The van der Waals surface area contributed by atoms with Gasteiger partial charge in [-0.25, -0.2) is 4.99 Å². The number of carbonyl (C=O) groups excluding carboxylic acids is 1. The summed E-state index contributed by atoms with van der Waals surface area (Å²) in [6, 6.07) is 24.2. The van der Waals surface area contributed by atoms with E-state index in [0.717, 1.165) is 42.9 Å². The highest BCUT2D eigenvalue weighted by Crippen LogP contribution is 2.63. The smallest absolute Gasteiger partial charge is 0.247 e. The van der Waals surface area contributed by atoms with Crippen LogP contribution in [0.2, 0.25) is 0 Å². The molecule has 0 heterocycles. The number of rotatable bonds is 18. The van der Waals surface area contributed by atoms with Crippen LogP contribution in [0.3, 0.4) is 0 Å². The van der Waals surface area contributed by atoms with Crippen LogP contribution in [0, 0.1) is 0 Å². The van der Waals surface area contributed by atoms with Crippen molar-refractivity contribution in [2.24, 2.45) is 4.99 Å². The van der Waals surface area contributed by atoms with E-state index in [1.54, 1.807) is 0 Å². The standard InChI is InChI=1S/C45H67N4OP/c1-4-7-30-51(31-8-5-2,32-9-6-3)35-36-25-28-42(29-26-36)46-44(50)43(34-37-24-27-38-18-16-17-19-39(38)33-37)49-45(47-40-20-12-10-13-21-40)48-41-22-14-11-15-23-41/h16-19,24-29,33,40-41,43H,4-15,20-23,30-32,34-35H2,1-3H3,(H2-,46,47,48,49,50)/p+1/t43-/m1/s1. The number of carbonyl (C=O) groups is 1. The molecule has 1 atom stereocenters. The fourth-order valence-electron chi connectivity index (χ4n) is 8.29. The van der Waals surface area contributed by atoms with Crippen LogP contribution in [0.5, 0.6) is 0 Å². The van der Waals surface area contributed by atoms with E-state index in [1.165, 1.54) is 118 Å². The number of guanidine groups is 1. The molecule has 2 aliphatic rings. The minimum atomic E-state index is -1.05. The van der Waals surface area contributed by atoms with E-state index in [9.17, 15) is 4.79 Å². The lowest BCUT2D eigenvalue weighted by Crippen LogP contribution is -2.53. The summed E-state index contributed by atoms with van der Waals surface area (Å²) in [4.78, 5) is 19.6. The Bertz CT molecular complexity index is 1470. The van der Waals surface area contributed by atoms with Gasteiger partial charge in [-0.05, 0) is 79.0 Å². The van der Waals surface area contributed by atoms with E-state index in [0.29, 0.717) is 18.5 Å². The Morgan fingerprint density at radius 1 is 0.725 bits per heavy atom. The molecule has 0 saturated heterocycles. The van der Waals surface area contributed by atoms with Gasteiger partial charge in [0.25, 0.3) is 0 Å². The van der Waals surface area contributed by atoms with Crippen molar-refractivity contribution in [2.75, 3.05) is 23.8 Å². The van der Waals surface area contributed by atoms with Gasteiger partial charge in [0, 0.05) is 25.4 Å². The Balaban J connectivity index is 1.36. The fourth-order valence-corrected chi connectivity index (χ4v) is 13.4. The molecular weight excluding hydrogens is 643 g/mol. The predicted octanol–water partition coefficient (Wildman–Crippen LogP) is 11.5. The monoisotopic (exact) mass is 712 g/mol. The van der Waals surface area contributed by atoms with Gasteiger partial charge < -0.3 is 16.0 Å². The molecule has 0 radical (unpaired) electrons. The van der Waals surface area contributed by atoms with Gasteiger partial charge >= 0.3 is 0 Å². The van der Waals surface area contributed by atoms with Gasteiger partial charge in [-0.1, -0.05) is 133 Å². The van der Waals surface area contributed by atoms with Crippen LogP contribution in [-0.2, 0) is 17.4 Å². The average Bonchev–Trinajstić information content (AvgIpc) is 3.16. The largest absolute Gasteiger partial charge is 0.354 e. The molecule has 5 rings (SSSR count). The Morgan fingerprint density at radius 2 is 1.31 bits per heavy atom. The van der Waals surface area contributed by atoms with E-state index >= 15 is 0 Å². The molecule has 0 aromatic heterocycles. The highest BCUT2D eigenvalue weighted by Gasteiger charge is 2.35. The SMILES string of the molecule is CCCC[P+](CCCC)(CCCC)Cc1ccc(NC(=O)[C@@H](Cc2ccc3ccccc3c2)NC(=NC2CCCCC2)NC2CCCCC2)cc1. The van der Waals surface area contributed by atoms with Crippen molar-refractivity contribution in [3.05, 3.63) is 77.9 Å². The quantitative estimate of drug-likeness (QED) is 0.0699. The molecule has 5 nitrogen and oxygen atoms in total. The van der Waals surface area contributed by atoms with Crippen molar-refractivity contribution in [1.82, 2.24) is 10.6 Å². The van der Waals surface area contributed by atoms with Crippen molar-refractivity contribution in [1.29, 1.82) is 0 Å². The first-order valence-corrected chi connectivity index (χ1v) is 23.4. The lowest BCUT2D eigenvalue weighted by Gasteiger charge is -2.29. The van der Waals surface area contributed by atoms with Crippen molar-refractivity contribution in [3.63, 3.8) is 0 Å². The first-order valence-electron chi connectivity index (χ1n) is 20.8. The Kier molecular flexibility index (Phi) is 16.1. The number of nitrogens with zero attached hydrogens (tertiary/aromatic N) is 1. The van der Waals surface area contributed by atoms with Crippen LogP contribution >= 0.6 is 7.26 Å². The van der Waals surface area contributed by atoms with Crippen LogP contribution in [0.1, 0.15) is 135 Å². The summed E-state index contributed by atoms with van der Waals surface area (Å²) in [6.45, 7) is 7.01. The Hall–Kier alpha value is -2.91. The highest BCUT2D eigenvalue weighted by molar-refractivity contribution is 7.75. The number of benzene rings is 3. The number of amides is 1. The van der Waals surface area contributed by atoms with E-state index in [4.69, 9.17) is 4.99 Å². The third-order valence-electron chi connectivity index (χ3n) is 11.4. The van der Waals surface area contributed by atoms with E-state index < -0.39 is 13.3 Å². The summed E-state index contributed by atoms with van der Waals surface area (Å²) >= 11 is 0. The zero-order valence-electron chi connectivity index (χ0n) is 32.2. The summed E-state index contributed by atoms with van der Waals surface area (Å²) in [5.74, 6) is 0.810. The molecule has 0 spiro atoms. The first-order chi connectivity index (χ1) is 25.0. The molecule has 0 bridgehead atoms. The summed E-state index contributed by atoms with van der Waals surface area (Å²) in [7, 11) is -1.05. The van der Waals surface area contributed by atoms with Crippen LogP contribution in [-0.4, -0.2) is 48.5 Å². The number of unbranched alkanes of at least 4 members (excludes halogenated alkanes) is 3. The molecule has 51 heavy (non-hydrogen) atoms. The third-order valence-corrected chi connectivity index (χ3v) is 16.2. The Morgan fingerprint density at radius 3 is 1.94 bits per heavy atom. The van der Waals surface area contributed by atoms with Crippen molar-refractivity contribution in [3.8, 4) is 0 Å². The number of hydrogen-bond donors (Lipinski definition) is 3. The maximum atomic E-state index is 14.3. The third kappa shape index (κ3) is 12.6. The van der Waals surface area contributed by atoms with Crippen molar-refractivity contribution in [2.45, 2.75) is 154 Å². The van der Waals surface area contributed by atoms with Gasteiger partial charge in [-0.2, -0.15) is 0 Å². The molecule has 3 aromatic rings. The van der Waals surface area contributed by atoms with Crippen LogP contribution in [0.15, 0.2) is 71.7 Å². The van der Waals surface area contributed by atoms with Crippen LogP contribution in [0.4, 0.5) is 5.69 Å². The number of anilines is 1. The molecule has 3 N–H and O–H groups in total. The van der Waals surface area contributed by atoms with Gasteiger partial charge in [0.05, 0.1) is 30.7 Å². The maximum absolute atomic E-state index is 14.3. The minimum Gasteiger partial charge on any atom is -0.354 e. The number of nitrogens with one attached hydrogen (secondary N) is 3. The molecule has 6 heteroatoms. The van der Waals surface area contributed by atoms with Crippen molar-refractivity contribution < 1.29 is 4.79 Å². The van der Waals surface area contributed by atoms with Gasteiger partial charge in [-0.15, -0.1) is 0 Å². The van der Waals surface area contributed by atoms with Crippen LogP contribution in [0.25, 0.3) is 10.8 Å². The second kappa shape index (κ2) is 21.0. The zero-order valence-corrected chi connectivity index (χ0v) is 33.1. The molecule has 0 unspecified atom stereocenters. The normalized spacial score (nSPS) is 17.0. The maximum Gasteiger partial charge on any atom is 0.247 e. The highest BCUT2D eigenvalue weighted by atomic mass is 31.2. The molecular formula is C45H68N4OP+. The summed E-state index contributed by atoms with van der Waals surface area (Å²) in [6.07, 6.45) is 26.2. The molecule has 2 aliphatic carbocycles. The van der Waals surface area contributed by atoms with E-state index in [1.807, 2.05) is 0 Å². The summed E-state index contributed by atoms with van der Waals surface area (Å²) in [5.41, 5.74) is 3.46. The molecule has 2 saturated carbocycles. The molecule has 278 valence electrons. The van der Waals surface area contributed by atoms with Gasteiger partial charge in [0.2, 0.25) is 5.91 Å². The number of fused-ring (bicyclic) bond motifs is 1. The number of aliphatic imine (C=N–C) groups is 1. The number of hydrogen-bond acceptors (Lipinski definition) is 2. The van der Waals surface area contributed by atoms with E-state index in [-0.39, 0.29) is 5.91 Å². The second-order valence-corrected chi connectivity index (χ2v) is 20.1. The topological polar surface area (TPSA) is 65.5 Å². The average molecular weight is 712 g/mol. The predicted molar refractivity (Wildman–Crippen MR) is 224 cm³/mol. The van der Waals surface area contributed by atoms with Gasteiger partial charge in [-0.3, -0.25) is 4.79 Å². The Labute approximate surface area is 311 Å². The van der Waals surface area contributed by atoms with Gasteiger partial charge in [0.1, 0.15) is 6.04 Å². The molecule has 1 amide bonds. The second-order valence-electron chi connectivity index (χ2n) is 15.7. The van der Waals surface area contributed by atoms with Crippen molar-refractivity contribution >= 4 is 35.6 Å². The minimum absolute atomic E-state index is 0.00613. The van der Waals surface area contributed by atoms with E-state index in [2.05, 4.69) is 103 Å². The molecule has 0 aliphatic heterocycles. The van der Waals surface area contributed by atoms with Gasteiger partial charge in [0.15, 0.2) is 5.96 Å². The summed E-state index contributed by atoms with van der Waals surface area (Å²) < 4.78 is 0. The first kappa shape index (κ1) is 39.3. The van der Waals surface area contributed by atoms with Crippen LogP contribution < -0.4 is 16.0 Å². The fraction of sp³-hybridized carbons (Fsp3) is 0.600. The molecule has 2 fully saturated rings. The molecule has 3 aromatic carbocycles. The summed E-state index contributed by atoms with van der Waals surface area (Å²) in [5, 5.41) is 13.3. The zero-order chi connectivity index (χ0) is 35.7. The lowest BCUT2D eigenvalue weighted by atomic mass is 9.95.